The second kappa shape index (κ2) is 4.15. The van der Waals surface area contributed by atoms with E-state index >= 15 is 0 Å². The Kier molecular flexibility index (Phi) is 3.39. The van der Waals surface area contributed by atoms with Gasteiger partial charge in [0.05, 0.1) is 0 Å². The van der Waals surface area contributed by atoms with Gasteiger partial charge in [-0.2, -0.15) is 0 Å². The van der Waals surface area contributed by atoms with E-state index in [9.17, 15) is 0 Å². The molecule has 0 radical (unpaired) electrons. The van der Waals surface area contributed by atoms with Crippen LogP contribution in [0.4, 0.5) is 0 Å². The molecule has 0 amide bonds. The molecule has 1 heteroatoms. The summed E-state index contributed by atoms with van der Waals surface area (Å²) in [6.45, 7) is 7.31. The van der Waals surface area contributed by atoms with Crippen LogP contribution < -0.4 is 5.73 Å². The number of hydrogen-bond donors (Lipinski definition) is 1. The molecule has 0 aromatic rings. The van der Waals surface area contributed by atoms with Crippen molar-refractivity contribution in [3.8, 4) is 11.8 Å². The zero-order valence-electron chi connectivity index (χ0n) is 9.06. The molecule has 2 unspecified atom stereocenters. The summed E-state index contributed by atoms with van der Waals surface area (Å²) in [5, 5.41) is 0. The van der Waals surface area contributed by atoms with Gasteiger partial charge in [0.15, 0.2) is 0 Å². The molecule has 0 aromatic heterocycles. The SMILES string of the molecule is CC(C)(C)C#CCC1CCC1CN. The van der Waals surface area contributed by atoms with Gasteiger partial charge in [0.2, 0.25) is 0 Å². The largest absolute Gasteiger partial charge is 0.330 e. The summed E-state index contributed by atoms with van der Waals surface area (Å²) in [5.41, 5.74) is 5.79. The van der Waals surface area contributed by atoms with E-state index in [1.165, 1.54) is 12.8 Å². The van der Waals surface area contributed by atoms with E-state index in [2.05, 4.69) is 32.6 Å². The fraction of sp³-hybridized carbons (Fsp3) is 0.833. The molecular weight excluding hydrogens is 158 g/mol. The first-order valence-electron chi connectivity index (χ1n) is 5.23. The summed E-state index contributed by atoms with van der Waals surface area (Å²) in [6, 6.07) is 0. The smallest absolute Gasteiger partial charge is 0.0230 e. The van der Waals surface area contributed by atoms with Crippen LogP contribution in [-0.2, 0) is 0 Å². The Labute approximate surface area is 82.1 Å². The fourth-order valence-corrected chi connectivity index (χ4v) is 1.66. The highest BCUT2D eigenvalue weighted by Crippen LogP contribution is 2.35. The Morgan fingerprint density at radius 1 is 1.23 bits per heavy atom. The van der Waals surface area contributed by atoms with Gasteiger partial charge in [-0.3, -0.25) is 0 Å². The predicted octanol–water partition coefficient (Wildman–Crippen LogP) is 2.41. The molecule has 13 heavy (non-hydrogen) atoms. The van der Waals surface area contributed by atoms with Crippen LogP contribution in [0, 0.1) is 29.1 Å². The van der Waals surface area contributed by atoms with Gasteiger partial charge in [0.1, 0.15) is 0 Å². The summed E-state index contributed by atoms with van der Waals surface area (Å²) in [6.07, 6.45) is 3.71. The summed E-state index contributed by atoms with van der Waals surface area (Å²) >= 11 is 0. The molecule has 1 nitrogen and oxygen atoms in total. The maximum atomic E-state index is 5.63. The summed E-state index contributed by atoms with van der Waals surface area (Å²) in [7, 11) is 0. The minimum absolute atomic E-state index is 0.155. The summed E-state index contributed by atoms with van der Waals surface area (Å²) in [5.74, 6) is 8.11. The number of hydrogen-bond acceptors (Lipinski definition) is 1. The molecule has 74 valence electrons. The molecule has 1 aliphatic carbocycles. The van der Waals surface area contributed by atoms with E-state index in [4.69, 9.17) is 5.73 Å². The lowest BCUT2D eigenvalue weighted by molar-refractivity contribution is 0.189. The zero-order valence-corrected chi connectivity index (χ0v) is 9.06. The van der Waals surface area contributed by atoms with Gasteiger partial charge in [0.25, 0.3) is 0 Å². The van der Waals surface area contributed by atoms with Gasteiger partial charge in [-0.1, -0.05) is 5.92 Å². The number of rotatable bonds is 2. The Morgan fingerprint density at radius 3 is 2.23 bits per heavy atom. The molecule has 1 rings (SSSR count). The third-order valence-electron chi connectivity index (χ3n) is 2.71. The van der Waals surface area contributed by atoms with Crippen LogP contribution in [0.15, 0.2) is 0 Å². The summed E-state index contributed by atoms with van der Waals surface area (Å²) in [4.78, 5) is 0. The van der Waals surface area contributed by atoms with Crippen LogP contribution in [0.25, 0.3) is 0 Å². The molecule has 1 saturated carbocycles. The van der Waals surface area contributed by atoms with Gasteiger partial charge >= 0.3 is 0 Å². The van der Waals surface area contributed by atoms with E-state index in [1.807, 2.05) is 0 Å². The zero-order chi connectivity index (χ0) is 9.90. The average molecular weight is 179 g/mol. The highest BCUT2D eigenvalue weighted by Gasteiger charge is 2.28. The van der Waals surface area contributed by atoms with Crippen LogP contribution in [0.5, 0.6) is 0 Å². The van der Waals surface area contributed by atoms with Crippen molar-refractivity contribution in [3.63, 3.8) is 0 Å². The second-order valence-electron chi connectivity index (χ2n) is 5.09. The van der Waals surface area contributed by atoms with Crippen molar-refractivity contribution in [2.24, 2.45) is 23.0 Å². The molecule has 0 heterocycles. The molecule has 0 aromatic carbocycles. The Bertz CT molecular complexity index is 212. The monoisotopic (exact) mass is 179 g/mol. The molecule has 0 spiro atoms. The summed E-state index contributed by atoms with van der Waals surface area (Å²) < 4.78 is 0. The minimum Gasteiger partial charge on any atom is -0.330 e. The molecular formula is C12H21N. The van der Waals surface area contributed by atoms with Crippen LogP contribution in [-0.4, -0.2) is 6.54 Å². The van der Waals surface area contributed by atoms with Crippen LogP contribution in [0.2, 0.25) is 0 Å². The third kappa shape index (κ3) is 3.40. The van der Waals surface area contributed by atoms with Gasteiger partial charge in [-0.05, 0) is 52.0 Å². The predicted molar refractivity (Wildman–Crippen MR) is 57.1 cm³/mol. The van der Waals surface area contributed by atoms with E-state index < -0.39 is 0 Å². The van der Waals surface area contributed by atoms with Crippen LogP contribution >= 0.6 is 0 Å². The second-order valence-corrected chi connectivity index (χ2v) is 5.09. The molecule has 1 fully saturated rings. The lowest BCUT2D eigenvalue weighted by Gasteiger charge is -2.34. The molecule has 2 atom stereocenters. The average Bonchev–Trinajstić information content (AvgIpc) is 1.95. The van der Waals surface area contributed by atoms with E-state index in [-0.39, 0.29) is 5.41 Å². The van der Waals surface area contributed by atoms with Crippen LogP contribution in [0.1, 0.15) is 40.0 Å². The lowest BCUT2D eigenvalue weighted by atomic mass is 9.72. The first-order valence-corrected chi connectivity index (χ1v) is 5.23. The van der Waals surface area contributed by atoms with Crippen molar-refractivity contribution in [3.05, 3.63) is 0 Å². The van der Waals surface area contributed by atoms with Crippen molar-refractivity contribution in [1.29, 1.82) is 0 Å². The third-order valence-corrected chi connectivity index (χ3v) is 2.71. The highest BCUT2D eigenvalue weighted by atomic mass is 14.6. The molecule has 1 aliphatic rings. The minimum atomic E-state index is 0.155. The lowest BCUT2D eigenvalue weighted by Crippen LogP contribution is -2.31. The molecule has 0 bridgehead atoms. The Balaban J connectivity index is 2.29. The van der Waals surface area contributed by atoms with Gasteiger partial charge in [-0.25, -0.2) is 0 Å². The van der Waals surface area contributed by atoms with Crippen molar-refractivity contribution in [2.45, 2.75) is 40.0 Å². The Hall–Kier alpha value is -0.480. The van der Waals surface area contributed by atoms with E-state index in [1.54, 1.807) is 0 Å². The van der Waals surface area contributed by atoms with E-state index in [0.717, 1.165) is 24.8 Å². The topological polar surface area (TPSA) is 26.0 Å². The van der Waals surface area contributed by atoms with E-state index in [0.29, 0.717) is 0 Å². The van der Waals surface area contributed by atoms with Gasteiger partial charge in [-0.15, -0.1) is 5.92 Å². The molecule has 2 N–H and O–H groups in total. The fourth-order valence-electron chi connectivity index (χ4n) is 1.66. The maximum absolute atomic E-state index is 5.63. The highest BCUT2D eigenvalue weighted by molar-refractivity contribution is 5.08. The number of nitrogens with two attached hydrogens (primary N) is 1. The van der Waals surface area contributed by atoms with Crippen molar-refractivity contribution in [2.75, 3.05) is 6.54 Å². The van der Waals surface area contributed by atoms with Crippen LogP contribution in [0.3, 0.4) is 0 Å². The van der Waals surface area contributed by atoms with Crippen molar-refractivity contribution in [1.82, 2.24) is 0 Å². The molecule has 0 aliphatic heterocycles. The van der Waals surface area contributed by atoms with Crippen molar-refractivity contribution >= 4 is 0 Å². The normalized spacial score (nSPS) is 27.4. The molecule has 0 saturated heterocycles. The standard InChI is InChI=1S/C12H21N/c1-12(2,3)8-4-5-10-6-7-11(10)9-13/h10-11H,5-7,9,13H2,1-3H3. The first kappa shape index (κ1) is 10.6. The maximum Gasteiger partial charge on any atom is 0.0230 e. The Morgan fingerprint density at radius 2 is 1.85 bits per heavy atom. The van der Waals surface area contributed by atoms with Crippen molar-refractivity contribution < 1.29 is 0 Å². The van der Waals surface area contributed by atoms with Gasteiger partial charge < -0.3 is 5.73 Å². The van der Waals surface area contributed by atoms with Gasteiger partial charge in [0, 0.05) is 11.8 Å². The first-order chi connectivity index (χ1) is 6.03. The quantitative estimate of drug-likeness (QED) is 0.647.